The first kappa shape index (κ1) is 15.6. The standard InChI is InChI=1S/C18H24N4O2S/c23-15-11-21(2-3-22(15)17-19-1-4-25-17)16(24)20-18-8-12-5-13(9-18)7-14(6-12)10-18/h1,4,12-14H,2-3,5-11H2,(H,20,24). The van der Waals surface area contributed by atoms with Crippen molar-refractivity contribution in [3.63, 3.8) is 0 Å². The summed E-state index contributed by atoms with van der Waals surface area (Å²) in [6, 6.07) is -0.0471. The van der Waals surface area contributed by atoms with E-state index in [9.17, 15) is 9.59 Å². The summed E-state index contributed by atoms with van der Waals surface area (Å²) in [5, 5.41) is 5.97. The maximum atomic E-state index is 12.9. The first-order chi connectivity index (χ1) is 12.1. The molecular formula is C18H24N4O2S. The summed E-state index contributed by atoms with van der Waals surface area (Å²) in [6.45, 7) is 1.25. The van der Waals surface area contributed by atoms with Crippen molar-refractivity contribution in [3.8, 4) is 0 Å². The van der Waals surface area contributed by atoms with Crippen LogP contribution in [0.3, 0.4) is 0 Å². The molecule has 0 atom stereocenters. The summed E-state index contributed by atoms with van der Waals surface area (Å²) < 4.78 is 0. The highest BCUT2D eigenvalue weighted by molar-refractivity contribution is 7.13. The lowest BCUT2D eigenvalue weighted by Crippen LogP contribution is -2.63. The molecule has 4 bridgehead atoms. The molecule has 25 heavy (non-hydrogen) atoms. The van der Waals surface area contributed by atoms with Crippen molar-refractivity contribution in [1.29, 1.82) is 0 Å². The summed E-state index contributed by atoms with van der Waals surface area (Å²) in [4.78, 5) is 32.9. The van der Waals surface area contributed by atoms with Gasteiger partial charge in [-0.3, -0.25) is 9.69 Å². The Morgan fingerprint density at radius 2 is 1.84 bits per heavy atom. The van der Waals surface area contributed by atoms with Gasteiger partial charge in [-0.25, -0.2) is 9.78 Å². The van der Waals surface area contributed by atoms with Gasteiger partial charge in [0.2, 0.25) is 5.91 Å². The first-order valence-corrected chi connectivity index (χ1v) is 10.3. The summed E-state index contributed by atoms with van der Waals surface area (Å²) in [5.41, 5.74) is 0.00131. The van der Waals surface area contributed by atoms with Crippen LogP contribution in [-0.2, 0) is 4.79 Å². The van der Waals surface area contributed by atoms with Crippen LogP contribution in [0.15, 0.2) is 11.6 Å². The zero-order chi connectivity index (χ0) is 17.0. The molecule has 4 aliphatic carbocycles. The highest BCUT2D eigenvalue weighted by atomic mass is 32.1. The van der Waals surface area contributed by atoms with Crippen molar-refractivity contribution < 1.29 is 9.59 Å². The molecule has 5 aliphatic rings. The van der Waals surface area contributed by atoms with Crippen LogP contribution in [0.4, 0.5) is 9.93 Å². The summed E-state index contributed by atoms with van der Waals surface area (Å²) >= 11 is 1.46. The fraction of sp³-hybridized carbons (Fsp3) is 0.722. The molecule has 4 saturated carbocycles. The van der Waals surface area contributed by atoms with Gasteiger partial charge in [0.05, 0.1) is 0 Å². The van der Waals surface area contributed by atoms with Gasteiger partial charge in [0.1, 0.15) is 6.54 Å². The number of amides is 3. The van der Waals surface area contributed by atoms with Crippen LogP contribution in [0.1, 0.15) is 38.5 Å². The quantitative estimate of drug-likeness (QED) is 0.881. The lowest BCUT2D eigenvalue weighted by atomic mass is 9.53. The van der Waals surface area contributed by atoms with Crippen LogP contribution in [0.5, 0.6) is 0 Å². The number of hydrogen-bond acceptors (Lipinski definition) is 4. The molecule has 5 fully saturated rings. The van der Waals surface area contributed by atoms with Crippen LogP contribution in [0, 0.1) is 17.8 Å². The molecule has 1 aromatic heterocycles. The summed E-state index contributed by atoms with van der Waals surface area (Å²) in [7, 11) is 0. The number of nitrogens with one attached hydrogen (secondary N) is 1. The number of urea groups is 1. The van der Waals surface area contributed by atoms with E-state index in [0.717, 1.165) is 42.1 Å². The lowest BCUT2D eigenvalue weighted by molar-refractivity contribution is -0.120. The molecular weight excluding hydrogens is 336 g/mol. The number of hydrogen-bond donors (Lipinski definition) is 1. The monoisotopic (exact) mass is 360 g/mol. The highest BCUT2D eigenvalue weighted by Gasteiger charge is 2.52. The maximum Gasteiger partial charge on any atom is 0.318 e. The second-order valence-electron chi connectivity index (χ2n) is 8.41. The fourth-order valence-electron chi connectivity index (χ4n) is 5.97. The largest absolute Gasteiger partial charge is 0.333 e. The number of carbonyl (C=O) groups is 2. The van der Waals surface area contributed by atoms with Crippen LogP contribution in [0.25, 0.3) is 0 Å². The third-order valence-electron chi connectivity index (χ3n) is 6.57. The number of aromatic nitrogens is 1. The minimum Gasteiger partial charge on any atom is -0.333 e. The van der Waals surface area contributed by atoms with Crippen molar-refractivity contribution >= 4 is 28.4 Å². The number of anilines is 1. The minimum absolute atomic E-state index is 0.00131. The van der Waals surface area contributed by atoms with Gasteiger partial charge < -0.3 is 10.2 Å². The van der Waals surface area contributed by atoms with E-state index in [-0.39, 0.29) is 24.0 Å². The van der Waals surface area contributed by atoms with Crippen LogP contribution >= 0.6 is 11.3 Å². The Hall–Kier alpha value is -1.63. The normalized spacial score (nSPS) is 36.8. The molecule has 2 heterocycles. The van der Waals surface area contributed by atoms with Crippen molar-refractivity contribution in [2.45, 2.75) is 44.1 Å². The zero-order valence-corrected chi connectivity index (χ0v) is 15.1. The highest BCUT2D eigenvalue weighted by Crippen LogP contribution is 2.55. The van der Waals surface area contributed by atoms with Crippen molar-refractivity contribution in [2.75, 3.05) is 24.5 Å². The van der Waals surface area contributed by atoms with Crippen LogP contribution in [0.2, 0.25) is 0 Å². The van der Waals surface area contributed by atoms with Crippen molar-refractivity contribution in [3.05, 3.63) is 11.6 Å². The van der Waals surface area contributed by atoms with Gasteiger partial charge in [0, 0.05) is 30.2 Å². The van der Waals surface area contributed by atoms with E-state index in [1.165, 1.54) is 30.6 Å². The average Bonchev–Trinajstić information content (AvgIpc) is 3.07. The number of rotatable bonds is 2. The number of carbonyl (C=O) groups excluding carboxylic acids is 2. The Morgan fingerprint density at radius 1 is 1.16 bits per heavy atom. The van der Waals surface area contributed by atoms with E-state index >= 15 is 0 Å². The van der Waals surface area contributed by atoms with Crippen LogP contribution < -0.4 is 10.2 Å². The summed E-state index contributed by atoms with van der Waals surface area (Å²) in [5.74, 6) is 2.36. The van der Waals surface area contributed by atoms with Gasteiger partial charge in [0.25, 0.3) is 0 Å². The topological polar surface area (TPSA) is 65.5 Å². The predicted octanol–water partition coefficient (Wildman–Crippen LogP) is 2.47. The SMILES string of the molecule is O=C(NC12CC3CC(CC(C3)C1)C2)N1CCN(c2nccs2)C(=O)C1. The van der Waals surface area contributed by atoms with Gasteiger partial charge in [-0.05, 0) is 56.3 Å². The lowest BCUT2D eigenvalue weighted by Gasteiger charge is -2.57. The van der Waals surface area contributed by atoms with Gasteiger partial charge in [-0.2, -0.15) is 0 Å². The fourth-order valence-corrected chi connectivity index (χ4v) is 6.65. The van der Waals surface area contributed by atoms with Crippen molar-refractivity contribution in [2.24, 2.45) is 17.8 Å². The summed E-state index contributed by atoms with van der Waals surface area (Å²) in [6.07, 6.45) is 9.20. The smallest absolute Gasteiger partial charge is 0.318 e. The third-order valence-corrected chi connectivity index (χ3v) is 7.36. The second kappa shape index (κ2) is 5.69. The molecule has 3 amide bonds. The predicted molar refractivity (Wildman–Crippen MR) is 95.5 cm³/mol. The minimum atomic E-state index is -0.0471. The van der Waals surface area contributed by atoms with Gasteiger partial charge in [0.15, 0.2) is 5.13 Å². The average molecular weight is 360 g/mol. The Balaban J connectivity index is 1.24. The molecule has 0 radical (unpaired) electrons. The van der Waals surface area contributed by atoms with Gasteiger partial charge in [-0.15, -0.1) is 11.3 Å². The molecule has 1 aliphatic heterocycles. The Morgan fingerprint density at radius 3 is 2.40 bits per heavy atom. The van der Waals surface area contributed by atoms with E-state index in [0.29, 0.717) is 13.1 Å². The molecule has 1 saturated heterocycles. The first-order valence-electron chi connectivity index (χ1n) is 9.37. The third kappa shape index (κ3) is 2.72. The molecule has 1 aromatic rings. The van der Waals surface area contributed by atoms with E-state index in [1.54, 1.807) is 16.0 Å². The van der Waals surface area contributed by atoms with E-state index in [2.05, 4.69) is 10.3 Å². The Bertz CT molecular complexity index is 654. The molecule has 134 valence electrons. The van der Waals surface area contributed by atoms with Gasteiger partial charge >= 0.3 is 6.03 Å². The molecule has 7 heteroatoms. The Labute approximate surface area is 151 Å². The zero-order valence-electron chi connectivity index (χ0n) is 14.3. The molecule has 0 aromatic carbocycles. The number of thiazole rings is 1. The molecule has 6 rings (SSSR count). The maximum absolute atomic E-state index is 12.9. The molecule has 1 N–H and O–H groups in total. The van der Waals surface area contributed by atoms with Crippen LogP contribution in [-0.4, -0.2) is 47.0 Å². The Kier molecular flexibility index (Phi) is 3.55. The van der Waals surface area contributed by atoms with E-state index < -0.39 is 0 Å². The molecule has 0 unspecified atom stereocenters. The second-order valence-corrected chi connectivity index (χ2v) is 9.28. The molecule has 0 spiro atoms. The van der Waals surface area contributed by atoms with Gasteiger partial charge in [-0.1, -0.05) is 0 Å². The number of piperazine rings is 1. The van der Waals surface area contributed by atoms with Crippen molar-refractivity contribution in [1.82, 2.24) is 15.2 Å². The number of nitrogens with zero attached hydrogens (tertiary/aromatic N) is 3. The molecule has 6 nitrogen and oxygen atoms in total. The van der Waals surface area contributed by atoms with E-state index in [4.69, 9.17) is 0 Å². The van der Waals surface area contributed by atoms with E-state index in [1.807, 2.05) is 5.38 Å².